The molecular formula is C23H19BrN2O2. The molecule has 1 heterocycles. The van der Waals surface area contributed by atoms with Crippen LogP contribution in [0.25, 0.3) is 17.3 Å². The Labute approximate surface area is 172 Å². The Bertz CT molecular complexity index is 1090. The van der Waals surface area contributed by atoms with Crippen molar-refractivity contribution in [1.82, 2.24) is 4.57 Å². The quantitative estimate of drug-likeness (QED) is 0.390. The molecule has 28 heavy (non-hydrogen) atoms. The van der Waals surface area contributed by atoms with E-state index in [1.807, 2.05) is 56.3 Å². The lowest BCUT2D eigenvalue weighted by Crippen LogP contribution is -2.03. The molecule has 0 unspecified atom stereocenters. The number of aryl methyl sites for hydroxylation is 1. The van der Waals surface area contributed by atoms with Gasteiger partial charge in [0, 0.05) is 21.5 Å². The Hall–Kier alpha value is -3.10. The molecule has 0 aliphatic carbocycles. The fourth-order valence-corrected chi connectivity index (χ4v) is 3.42. The van der Waals surface area contributed by atoms with Crippen molar-refractivity contribution in [3.8, 4) is 11.8 Å². The summed E-state index contributed by atoms with van der Waals surface area (Å²) in [6.45, 7) is 4.04. The summed E-state index contributed by atoms with van der Waals surface area (Å²) in [6, 6.07) is 19.3. The minimum Gasteiger partial charge on any atom is -0.465 e. The fourth-order valence-electron chi connectivity index (χ4n) is 3.16. The molecule has 1 aromatic heterocycles. The maximum absolute atomic E-state index is 11.6. The van der Waals surface area contributed by atoms with Crippen molar-refractivity contribution < 1.29 is 9.53 Å². The standard InChI is InChI=1S/C23H19BrN2O2/c1-15-12-19(13-20(14-25)17-4-8-21(24)9-5-17)16(2)26(15)22-10-6-18(7-11-22)23(27)28-3/h4-13H,1-3H3/b20-13-. The molecule has 140 valence electrons. The van der Waals surface area contributed by atoms with E-state index in [1.54, 1.807) is 12.1 Å². The molecule has 0 aliphatic rings. The van der Waals surface area contributed by atoms with Crippen LogP contribution in [0.1, 0.15) is 32.9 Å². The first-order valence-electron chi connectivity index (χ1n) is 8.70. The monoisotopic (exact) mass is 434 g/mol. The van der Waals surface area contributed by atoms with Crippen molar-refractivity contribution in [1.29, 1.82) is 5.26 Å². The topological polar surface area (TPSA) is 55.0 Å². The largest absolute Gasteiger partial charge is 0.465 e. The number of methoxy groups -OCH3 is 1. The molecule has 0 spiro atoms. The van der Waals surface area contributed by atoms with Gasteiger partial charge in [-0.1, -0.05) is 28.1 Å². The number of nitriles is 1. The molecule has 0 N–H and O–H groups in total. The van der Waals surface area contributed by atoms with Gasteiger partial charge in [-0.2, -0.15) is 5.26 Å². The van der Waals surface area contributed by atoms with Gasteiger partial charge in [0.25, 0.3) is 0 Å². The number of carbonyl (C=O) groups excluding carboxylic acids is 1. The third-order valence-electron chi connectivity index (χ3n) is 4.59. The summed E-state index contributed by atoms with van der Waals surface area (Å²) in [4.78, 5) is 11.6. The lowest BCUT2D eigenvalue weighted by atomic mass is 10.0. The smallest absolute Gasteiger partial charge is 0.337 e. The van der Waals surface area contributed by atoms with Crippen LogP contribution in [0, 0.1) is 25.2 Å². The van der Waals surface area contributed by atoms with Gasteiger partial charge in [-0.3, -0.25) is 0 Å². The number of rotatable bonds is 4. The number of nitrogens with zero attached hydrogens (tertiary/aromatic N) is 2. The number of allylic oxidation sites excluding steroid dienone is 1. The highest BCUT2D eigenvalue weighted by molar-refractivity contribution is 9.10. The van der Waals surface area contributed by atoms with Crippen molar-refractivity contribution in [2.75, 3.05) is 7.11 Å². The third kappa shape index (κ3) is 3.92. The number of ether oxygens (including phenoxy) is 1. The van der Waals surface area contributed by atoms with Gasteiger partial charge in [0.1, 0.15) is 0 Å². The maximum Gasteiger partial charge on any atom is 0.337 e. The molecule has 2 aromatic carbocycles. The zero-order valence-corrected chi connectivity index (χ0v) is 17.4. The maximum atomic E-state index is 11.6. The van der Waals surface area contributed by atoms with Crippen LogP contribution in [-0.2, 0) is 4.74 Å². The molecule has 5 heteroatoms. The molecular weight excluding hydrogens is 416 g/mol. The highest BCUT2D eigenvalue weighted by Gasteiger charge is 2.12. The van der Waals surface area contributed by atoms with Gasteiger partial charge in [0.05, 0.1) is 24.3 Å². The molecule has 0 amide bonds. The fraction of sp³-hybridized carbons (Fsp3) is 0.130. The van der Waals surface area contributed by atoms with E-state index in [4.69, 9.17) is 4.74 Å². The van der Waals surface area contributed by atoms with Crippen molar-refractivity contribution in [2.24, 2.45) is 0 Å². The van der Waals surface area contributed by atoms with Crippen LogP contribution in [0.15, 0.2) is 59.1 Å². The van der Waals surface area contributed by atoms with Crippen LogP contribution in [0.4, 0.5) is 0 Å². The van der Waals surface area contributed by atoms with Crippen LogP contribution >= 0.6 is 15.9 Å². The van der Waals surface area contributed by atoms with Gasteiger partial charge >= 0.3 is 5.97 Å². The zero-order chi connectivity index (χ0) is 20.3. The van der Waals surface area contributed by atoms with E-state index in [1.165, 1.54) is 7.11 Å². The van der Waals surface area contributed by atoms with Gasteiger partial charge < -0.3 is 9.30 Å². The molecule has 0 radical (unpaired) electrons. The predicted octanol–water partition coefficient (Wildman–Crippen LogP) is 5.71. The molecule has 0 saturated carbocycles. The highest BCUT2D eigenvalue weighted by atomic mass is 79.9. The molecule has 0 saturated heterocycles. The number of hydrogen-bond donors (Lipinski definition) is 0. The average molecular weight is 435 g/mol. The Morgan fingerprint density at radius 1 is 1.07 bits per heavy atom. The van der Waals surface area contributed by atoms with Gasteiger partial charge in [-0.15, -0.1) is 0 Å². The summed E-state index contributed by atoms with van der Waals surface area (Å²) in [5, 5.41) is 9.62. The molecule has 4 nitrogen and oxygen atoms in total. The number of esters is 1. The number of benzene rings is 2. The van der Waals surface area contributed by atoms with E-state index in [2.05, 4.69) is 32.6 Å². The highest BCUT2D eigenvalue weighted by Crippen LogP contribution is 2.26. The van der Waals surface area contributed by atoms with Crippen molar-refractivity contribution in [3.05, 3.63) is 87.1 Å². The van der Waals surface area contributed by atoms with E-state index in [0.29, 0.717) is 11.1 Å². The van der Waals surface area contributed by atoms with Crippen LogP contribution in [0.2, 0.25) is 0 Å². The van der Waals surface area contributed by atoms with Gasteiger partial charge in [0.15, 0.2) is 0 Å². The zero-order valence-electron chi connectivity index (χ0n) is 15.9. The molecule has 3 rings (SSSR count). The Morgan fingerprint density at radius 3 is 2.25 bits per heavy atom. The number of aromatic nitrogens is 1. The molecule has 3 aromatic rings. The van der Waals surface area contributed by atoms with Crippen LogP contribution in [-0.4, -0.2) is 17.6 Å². The van der Waals surface area contributed by atoms with Gasteiger partial charge in [0.2, 0.25) is 0 Å². The minimum atomic E-state index is -0.357. The molecule has 0 fully saturated rings. The van der Waals surface area contributed by atoms with Gasteiger partial charge in [-0.25, -0.2) is 4.79 Å². The Morgan fingerprint density at radius 2 is 1.68 bits per heavy atom. The first-order valence-corrected chi connectivity index (χ1v) is 9.49. The summed E-state index contributed by atoms with van der Waals surface area (Å²) in [6.07, 6.45) is 1.91. The van der Waals surface area contributed by atoms with Crippen LogP contribution in [0.5, 0.6) is 0 Å². The number of carbonyl (C=O) groups is 1. The summed E-state index contributed by atoms with van der Waals surface area (Å²) in [7, 11) is 1.37. The van der Waals surface area contributed by atoms with Crippen LogP contribution in [0.3, 0.4) is 0 Å². The molecule has 0 atom stereocenters. The average Bonchev–Trinajstić information content (AvgIpc) is 2.99. The second kappa shape index (κ2) is 8.28. The van der Waals surface area contributed by atoms with E-state index in [-0.39, 0.29) is 5.97 Å². The predicted molar refractivity (Wildman–Crippen MR) is 114 cm³/mol. The number of halogens is 1. The Balaban J connectivity index is 2.01. The Kier molecular flexibility index (Phi) is 5.81. The number of hydrogen-bond acceptors (Lipinski definition) is 3. The second-order valence-corrected chi connectivity index (χ2v) is 7.29. The second-order valence-electron chi connectivity index (χ2n) is 6.38. The van der Waals surface area contributed by atoms with Gasteiger partial charge in [-0.05, 0) is 73.5 Å². The summed E-state index contributed by atoms with van der Waals surface area (Å²) in [5.41, 5.74) is 5.98. The van der Waals surface area contributed by atoms with E-state index >= 15 is 0 Å². The normalized spacial score (nSPS) is 11.2. The van der Waals surface area contributed by atoms with E-state index < -0.39 is 0 Å². The third-order valence-corrected chi connectivity index (χ3v) is 5.12. The lowest BCUT2D eigenvalue weighted by molar-refractivity contribution is 0.0601. The van der Waals surface area contributed by atoms with Crippen molar-refractivity contribution >= 4 is 33.5 Å². The SMILES string of the molecule is COC(=O)c1ccc(-n2c(C)cc(/C=C(/C#N)c3ccc(Br)cc3)c2C)cc1. The summed E-state index contributed by atoms with van der Waals surface area (Å²) < 4.78 is 7.83. The minimum absolute atomic E-state index is 0.357. The van der Waals surface area contributed by atoms with Crippen LogP contribution < -0.4 is 0 Å². The lowest BCUT2D eigenvalue weighted by Gasteiger charge is -2.10. The molecule has 0 aliphatic heterocycles. The first-order chi connectivity index (χ1) is 13.4. The van der Waals surface area contributed by atoms with Crippen molar-refractivity contribution in [3.63, 3.8) is 0 Å². The molecule has 0 bridgehead atoms. The first kappa shape index (κ1) is 19.7. The van der Waals surface area contributed by atoms with E-state index in [0.717, 1.165) is 32.7 Å². The van der Waals surface area contributed by atoms with E-state index in [9.17, 15) is 10.1 Å². The summed E-state index contributed by atoms with van der Waals surface area (Å²) >= 11 is 3.42. The van der Waals surface area contributed by atoms with Crippen molar-refractivity contribution in [2.45, 2.75) is 13.8 Å². The summed E-state index contributed by atoms with van der Waals surface area (Å²) in [5.74, 6) is -0.357.